The normalized spacial score (nSPS) is 39.6. The fourth-order valence-corrected chi connectivity index (χ4v) is 3.30. The third kappa shape index (κ3) is 1.83. The van der Waals surface area contributed by atoms with E-state index >= 15 is 0 Å². The van der Waals surface area contributed by atoms with E-state index in [4.69, 9.17) is 5.73 Å². The number of likely N-dealkylation sites (tertiary alicyclic amines) is 1. The molecule has 0 bridgehead atoms. The van der Waals surface area contributed by atoms with Crippen molar-refractivity contribution in [2.24, 2.45) is 11.1 Å². The molecular formula is C13H26N2. The Labute approximate surface area is 94.2 Å². The molecule has 1 aliphatic heterocycles. The van der Waals surface area contributed by atoms with Gasteiger partial charge in [0, 0.05) is 23.5 Å². The zero-order valence-electron chi connectivity index (χ0n) is 10.6. The minimum atomic E-state index is 0.431. The van der Waals surface area contributed by atoms with Crippen LogP contribution in [0.1, 0.15) is 52.9 Å². The SMILES string of the molecule is CCCC(C)(CC)N1CC[C@]2(CC2N)C1. The molecule has 0 aromatic rings. The molecule has 1 saturated heterocycles. The molecular weight excluding hydrogens is 184 g/mol. The van der Waals surface area contributed by atoms with Crippen molar-refractivity contribution in [1.82, 2.24) is 4.90 Å². The summed E-state index contributed by atoms with van der Waals surface area (Å²) >= 11 is 0. The first-order valence-electron chi connectivity index (χ1n) is 6.57. The van der Waals surface area contributed by atoms with Crippen LogP contribution < -0.4 is 5.73 Å². The summed E-state index contributed by atoms with van der Waals surface area (Å²) in [5.74, 6) is 0. The summed E-state index contributed by atoms with van der Waals surface area (Å²) in [6.45, 7) is 9.59. The molecule has 0 radical (unpaired) electrons. The van der Waals surface area contributed by atoms with Crippen molar-refractivity contribution in [2.45, 2.75) is 64.5 Å². The Morgan fingerprint density at radius 2 is 2.13 bits per heavy atom. The molecule has 88 valence electrons. The van der Waals surface area contributed by atoms with E-state index in [0.717, 1.165) is 0 Å². The highest BCUT2D eigenvalue weighted by Crippen LogP contribution is 2.53. The maximum absolute atomic E-state index is 6.06. The summed E-state index contributed by atoms with van der Waals surface area (Å²) < 4.78 is 0. The van der Waals surface area contributed by atoms with Gasteiger partial charge in [0.2, 0.25) is 0 Å². The molecule has 0 amide bonds. The number of hydrogen-bond acceptors (Lipinski definition) is 2. The molecule has 1 saturated carbocycles. The summed E-state index contributed by atoms with van der Waals surface area (Å²) in [7, 11) is 0. The first-order chi connectivity index (χ1) is 7.06. The van der Waals surface area contributed by atoms with Crippen LogP contribution in [-0.2, 0) is 0 Å². The summed E-state index contributed by atoms with van der Waals surface area (Å²) in [5, 5.41) is 0. The van der Waals surface area contributed by atoms with Crippen LogP contribution in [0.5, 0.6) is 0 Å². The van der Waals surface area contributed by atoms with Gasteiger partial charge in [-0.2, -0.15) is 0 Å². The van der Waals surface area contributed by atoms with Gasteiger partial charge in [-0.15, -0.1) is 0 Å². The van der Waals surface area contributed by atoms with Gasteiger partial charge in [0.05, 0.1) is 0 Å². The predicted molar refractivity (Wildman–Crippen MR) is 64.8 cm³/mol. The number of rotatable bonds is 4. The minimum absolute atomic E-state index is 0.431. The maximum Gasteiger partial charge on any atom is 0.0178 e. The molecule has 2 fully saturated rings. The fourth-order valence-electron chi connectivity index (χ4n) is 3.30. The molecule has 2 unspecified atom stereocenters. The Kier molecular flexibility index (Phi) is 2.85. The lowest BCUT2D eigenvalue weighted by Crippen LogP contribution is -2.44. The second-order valence-corrected chi connectivity index (χ2v) is 5.95. The van der Waals surface area contributed by atoms with Gasteiger partial charge in [-0.25, -0.2) is 0 Å². The number of nitrogens with zero attached hydrogens (tertiary/aromatic N) is 1. The van der Waals surface area contributed by atoms with Gasteiger partial charge in [-0.3, -0.25) is 4.90 Å². The summed E-state index contributed by atoms with van der Waals surface area (Å²) in [5.41, 5.74) is 7.02. The standard InChI is InChI=1S/C13H26N2/c1-4-6-12(3,5-2)15-8-7-13(10-15)9-11(13)14/h11H,4-10,14H2,1-3H3/t11?,12?,13-/m0/s1. The van der Waals surface area contributed by atoms with E-state index in [9.17, 15) is 0 Å². The van der Waals surface area contributed by atoms with Crippen molar-refractivity contribution in [1.29, 1.82) is 0 Å². The average Bonchev–Trinajstić information content (AvgIpc) is 2.64. The summed E-state index contributed by atoms with van der Waals surface area (Å²) in [6, 6.07) is 0.505. The van der Waals surface area contributed by atoms with Gasteiger partial charge in [-0.1, -0.05) is 20.3 Å². The third-order valence-corrected chi connectivity index (χ3v) is 4.95. The Bertz CT molecular complexity index is 241. The van der Waals surface area contributed by atoms with Crippen LogP contribution in [0.2, 0.25) is 0 Å². The van der Waals surface area contributed by atoms with E-state index in [1.807, 2.05) is 0 Å². The molecule has 1 aliphatic carbocycles. The lowest BCUT2D eigenvalue weighted by atomic mass is 9.91. The molecule has 2 rings (SSSR count). The van der Waals surface area contributed by atoms with Crippen molar-refractivity contribution in [2.75, 3.05) is 13.1 Å². The van der Waals surface area contributed by atoms with Crippen LogP contribution in [0.4, 0.5) is 0 Å². The highest BCUT2D eigenvalue weighted by atomic mass is 15.2. The maximum atomic E-state index is 6.06. The van der Waals surface area contributed by atoms with Gasteiger partial charge in [0.1, 0.15) is 0 Å². The second kappa shape index (κ2) is 3.74. The number of nitrogens with two attached hydrogens (primary N) is 1. The molecule has 1 spiro atoms. The zero-order valence-corrected chi connectivity index (χ0v) is 10.6. The minimum Gasteiger partial charge on any atom is -0.327 e. The van der Waals surface area contributed by atoms with Crippen molar-refractivity contribution in [3.63, 3.8) is 0 Å². The van der Waals surface area contributed by atoms with Gasteiger partial charge in [0.25, 0.3) is 0 Å². The zero-order chi connectivity index (χ0) is 11.1. The van der Waals surface area contributed by atoms with Crippen molar-refractivity contribution >= 4 is 0 Å². The molecule has 3 atom stereocenters. The van der Waals surface area contributed by atoms with Gasteiger partial charge in [0.15, 0.2) is 0 Å². The third-order valence-electron chi connectivity index (χ3n) is 4.95. The molecule has 2 nitrogen and oxygen atoms in total. The van der Waals surface area contributed by atoms with Gasteiger partial charge in [-0.05, 0) is 39.2 Å². The van der Waals surface area contributed by atoms with E-state index < -0.39 is 0 Å². The molecule has 2 N–H and O–H groups in total. The van der Waals surface area contributed by atoms with Crippen molar-refractivity contribution < 1.29 is 0 Å². The molecule has 0 aromatic heterocycles. The highest BCUT2D eigenvalue weighted by molar-refractivity contribution is 5.12. The largest absolute Gasteiger partial charge is 0.327 e. The lowest BCUT2D eigenvalue weighted by molar-refractivity contribution is 0.112. The van der Waals surface area contributed by atoms with Crippen LogP contribution in [0.3, 0.4) is 0 Å². The van der Waals surface area contributed by atoms with Crippen LogP contribution in [0, 0.1) is 5.41 Å². The highest BCUT2D eigenvalue weighted by Gasteiger charge is 2.57. The fraction of sp³-hybridized carbons (Fsp3) is 1.00. The summed E-state index contributed by atoms with van der Waals surface area (Å²) in [4.78, 5) is 2.71. The van der Waals surface area contributed by atoms with Crippen molar-refractivity contribution in [3.8, 4) is 0 Å². The molecule has 15 heavy (non-hydrogen) atoms. The first kappa shape index (κ1) is 11.4. The van der Waals surface area contributed by atoms with E-state index in [1.54, 1.807) is 0 Å². The van der Waals surface area contributed by atoms with Gasteiger partial charge >= 0.3 is 0 Å². The molecule has 1 heterocycles. The van der Waals surface area contributed by atoms with Crippen LogP contribution >= 0.6 is 0 Å². The van der Waals surface area contributed by atoms with E-state index in [0.29, 0.717) is 17.0 Å². The Balaban J connectivity index is 1.99. The molecule has 0 aromatic carbocycles. The van der Waals surface area contributed by atoms with Gasteiger partial charge < -0.3 is 5.73 Å². The van der Waals surface area contributed by atoms with Crippen LogP contribution in [-0.4, -0.2) is 29.6 Å². The predicted octanol–water partition coefficient (Wildman–Crippen LogP) is 2.38. The first-order valence-corrected chi connectivity index (χ1v) is 6.57. The topological polar surface area (TPSA) is 29.3 Å². The average molecular weight is 210 g/mol. The van der Waals surface area contributed by atoms with E-state index in [-0.39, 0.29) is 0 Å². The quantitative estimate of drug-likeness (QED) is 0.772. The van der Waals surface area contributed by atoms with Crippen LogP contribution in [0.15, 0.2) is 0 Å². The Morgan fingerprint density at radius 3 is 2.53 bits per heavy atom. The van der Waals surface area contributed by atoms with E-state index in [1.165, 1.54) is 45.2 Å². The molecule has 2 aliphatic rings. The lowest BCUT2D eigenvalue weighted by Gasteiger charge is -2.38. The monoisotopic (exact) mass is 210 g/mol. The molecule has 2 heteroatoms. The van der Waals surface area contributed by atoms with Crippen molar-refractivity contribution in [3.05, 3.63) is 0 Å². The van der Waals surface area contributed by atoms with Crippen LogP contribution in [0.25, 0.3) is 0 Å². The Hall–Kier alpha value is -0.0800. The summed E-state index contributed by atoms with van der Waals surface area (Å²) in [6.07, 6.45) is 6.50. The smallest absolute Gasteiger partial charge is 0.0178 e. The Morgan fingerprint density at radius 1 is 1.47 bits per heavy atom. The van der Waals surface area contributed by atoms with E-state index in [2.05, 4.69) is 25.7 Å². The second-order valence-electron chi connectivity index (χ2n) is 5.95. The number of hydrogen-bond donors (Lipinski definition) is 1.